The van der Waals surface area contributed by atoms with E-state index in [1.165, 1.54) is 18.6 Å². The molecule has 2 aromatic rings. The Morgan fingerprint density at radius 3 is 2.85 bits per heavy atom. The van der Waals surface area contributed by atoms with Crippen LogP contribution >= 0.6 is 23.1 Å². The number of alkyl halides is 3. The topological polar surface area (TPSA) is 46.8 Å². The fraction of sp³-hybridized carbons (Fsp3) is 0.609. The normalized spacial score (nSPS) is 27.5. The van der Waals surface area contributed by atoms with Crippen molar-refractivity contribution in [1.29, 1.82) is 0 Å². The number of hydrogen-bond acceptors (Lipinski definition) is 6. The first kappa shape index (κ1) is 23.1. The van der Waals surface area contributed by atoms with Crippen molar-refractivity contribution in [2.24, 2.45) is 24.3 Å². The zero-order valence-corrected chi connectivity index (χ0v) is 20.4. The largest absolute Gasteiger partial charge is 0.416 e. The second-order valence-electron chi connectivity index (χ2n) is 9.45. The summed E-state index contributed by atoms with van der Waals surface area (Å²) in [7, 11) is 2.00. The lowest BCUT2D eigenvalue weighted by atomic mass is 9.87. The van der Waals surface area contributed by atoms with Gasteiger partial charge in [-0.3, -0.25) is 0 Å². The minimum absolute atomic E-state index is 0.263. The summed E-state index contributed by atoms with van der Waals surface area (Å²) in [6.07, 6.45) is 4.19. The van der Waals surface area contributed by atoms with E-state index in [1.54, 1.807) is 23.1 Å². The molecule has 1 spiro atoms. The van der Waals surface area contributed by atoms with E-state index in [9.17, 15) is 13.2 Å². The lowest BCUT2D eigenvalue weighted by Gasteiger charge is -2.21. The molecule has 1 saturated carbocycles. The van der Waals surface area contributed by atoms with Crippen LogP contribution in [0.5, 0.6) is 0 Å². The van der Waals surface area contributed by atoms with Crippen molar-refractivity contribution < 1.29 is 13.2 Å². The van der Waals surface area contributed by atoms with Gasteiger partial charge in [-0.05, 0) is 62.9 Å². The van der Waals surface area contributed by atoms with Gasteiger partial charge in [-0.15, -0.1) is 21.5 Å². The third kappa shape index (κ3) is 4.66. The summed E-state index contributed by atoms with van der Waals surface area (Å²) in [6, 6.07) is 0. The van der Waals surface area contributed by atoms with Crippen molar-refractivity contribution >= 4 is 23.1 Å². The van der Waals surface area contributed by atoms with Gasteiger partial charge >= 0.3 is 6.18 Å². The highest BCUT2D eigenvalue weighted by Crippen LogP contribution is 2.63. The Labute approximate surface area is 200 Å². The van der Waals surface area contributed by atoms with E-state index in [2.05, 4.69) is 20.1 Å². The van der Waals surface area contributed by atoms with Crippen LogP contribution in [0, 0.1) is 24.2 Å². The van der Waals surface area contributed by atoms with E-state index in [0.29, 0.717) is 17.8 Å². The fourth-order valence-corrected chi connectivity index (χ4v) is 7.04. The zero-order valence-electron chi connectivity index (χ0n) is 18.8. The smallest absolute Gasteiger partial charge is 0.304 e. The molecule has 2 fully saturated rings. The first-order chi connectivity index (χ1) is 15.8. The first-order valence-electron chi connectivity index (χ1n) is 11.4. The molecule has 2 unspecified atom stereocenters. The molecular weight excluding hydrogens is 467 g/mol. The van der Waals surface area contributed by atoms with Crippen molar-refractivity contribution in [3.05, 3.63) is 35.0 Å². The van der Waals surface area contributed by atoms with Gasteiger partial charge in [0.2, 0.25) is 0 Å². The predicted octanol–water partition coefficient (Wildman–Crippen LogP) is 5.51. The Morgan fingerprint density at radius 1 is 1.30 bits per heavy atom. The molecule has 0 aromatic carbocycles. The monoisotopic (exact) mass is 495 g/mol. The number of halogens is 3. The minimum Gasteiger partial charge on any atom is -0.304 e. The van der Waals surface area contributed by atoms with Gasteiger partial charge < -0.3 is 9.47 Å². The Morgan fingerprint density at radius 2 is 2.15 bits per heavy atom. The number of nitrogens with zero attached hydrogens (tertiary/aromatic N) is 5. The average Bonchev–Trinajstić information content (AvgIpc) is 3.05. The van der Waals surface area contributed by atoms with Gasteiger partial charge in [-0.25, -0.2) is 4.98 Å². The molecule has 33 heavy (non-hydrogen) atoms. The van der Waals surface area contributed by atoms with Crippen LogP contribution < -0.4 is 0 Å². The molecule has 0 radical (unpaired) electrons. The van der Waals surface area contributed by atoms with Crippen LogP contribution in [0.15, 0.2) is 34.5 Å². The molecular formula is C23H28F3N5S2. The molecule has 3 atom stereocenters. The lowest BCUT2D eigenvalue weighted by molar-refractivity contribution is -0.0887. The van der Waals surface area contributed by atoms with Crippen molar-refractivity contribution in [2.75, 3.05) is 25.4 Å². The molecule has 1 aliphatic heterocycles. The number of likely N-dealkylation sites (tertiary alicyclic amines) is 1. The highest BCUT2D eigenvalue weighted by atomic mass is 32.2. The minimum atomic E-state index is -4.22. The maximum absolute atomic E-state index is 12.9. The van der Waals surface area contributed by atoms with Gasteiger partial charge in [0.05, 0.1) is 21.7 Å². The number of thioether (sulfide) groups is 1. The van der Waals surface area contributed by atoms with E-state index < -0.39 is 11.7 Å². The summed E-state index contributed by atoms with van der Waals surface area (Å²) in [5.41, 5.74) is 2.65. The summed E-state index contributed by atoms with van der Waals surface area (Å²) >= 11 is 3.32. The van der Waals surface area contributed by atoms with Gasteiger partial charge in [-0.2, -0.15) is 13.2 Å². The quantitative estimate of drug-likeness (QED) is 0.375. The van der Waals surface area contributed by atoms with Gasteiger partial charge in [-0.1, -0.05) is 30.0 Å². The van der Waals surface area contributed by atoms with Gasteiger partial charge in [0.15, 0.2) is 11.0 Å². The standard InChI is InChI=1S/C23H28F3N5S2/c1-15-19(33-14-27-15)20-28-29-21(30(20)2)32-11-3-9-31-10-8-22(13-31)12-18(22)16-4-6-17(7-5-16)23(24,25)26/h4,6-7,14,16,18H,3,5,8-13H2,1-2H3/t16-,18?,22?/m1/s1. The van der Waals surface area contributed by atoms with E-state index in [4.69, 9.17) is 0 Å². The highest BCUT2D eigenvalue weighted by molar-refractivity contribution is 7.99. The molecule has 3 aliphatic rings. The molecule has 178 valence electrons. The summed E-state index contributed by atoms with van der Waals surface area (Å²) in [5.74, 6) is 2.65. The number of thiazole rings is 1. The molecule has 5 nitrogen and oxygen atoms in total. The van der Waals surface area contributed by atoms with E-state index in [0.717, 1.165) is 59.8 Å². The number of hydrogen-bond donors (Lipinski definition) is 0. The summed E-state index contributed by atoms with van der Waals surface area (Å²) in [6.45, 7) is 5.22. The third-order valence-electron chi connectivity index (χ3n) is 7.33. The molecule has 10 heteroatoms. The van der Waals surface area contributed by atoms with Crippen LogP contribution in [0.25, 0.3) is 10.7 Å². The maximum Gasteiger partial charge on any atom is 0.416 e. The van der Waals surface area contributed by atoms with Gasteiger partial charge in [0.1, 0.15) is 0 Å². The molecule has 1 saturated heterocycles. The highest BCUT2D eigenvalue weighted by Gasteiger charge is 2.59. The fourth-order valence-electron chi connectivity index (χ4n) is 5.38. The van der Waals surface area contributed by atoms with Crippen LogP contribution in [-0.2, 0) is 7.05 Å². The molecule has 3 heterocycles. The SMILES string of the molecule is Cc1ncsc1-c1nnc(SCCCN2CCC3(CC3[C@@H]3C=CC(C(F)(F)F)=CC3)C2)n1C. The third-order valence-corrected chi connectivity index (χ3v) is 9.36. The summed E-state index contributed by atoms with van der Waals surface area (Å²) in [4.78, 5) is 7.90. The molecule has 0 N–H and O–H groups in total. The maximum atomic E-state index is 12.9. The van der Waals surface area contributed by atoms with Crippen molar-refractivity contribution in [2.45, 2.75) is 43.9 Å². The van der Waals surface area contributed by atoms with Crippen LogP contribution in [0.4, 0.5) is 13.2 Å². The number of rotatable bonds is 7. The number of aryl methyl sites for hydroxylation is 1. The second kappa shape index (κ2) is 8.85. The van der Waals surface area contributed by atoms with E-state index in [-0.39, 0.29) is 5.92 Å². The molecule has 0 bridgehead atoms. The van der Waals surface area contributed by atoms with Crippen molar-refractivity contribution in [1.82, 2.24) is 24.6 Å². The van der Waals surface area contributed by atoms with Crippen molar-refractivity contribution in [3.8, 4) is 10.7 Å². The van der Waals surface area contributed by atoms with Gasteiger partial charge in [0, 0.05) is 19.3 Å². The second-order valence-corrected chi connectivity index (χ2v) is 11.4. The lowest BCUT2D eigenvalue weighted by Crippen LogP contribution is -2.24. The van der Waals surface area contributed by atoms with Crippen LogP contribution in [-0.4, -0.2) is 56.2 Å². The van der Waals surface area contributed by atoms with Gasteiger partial charge in [0.25, 0.3) is 0 Å². The Hall–Kier alpha value is -1.65. The van der Waals surface area contributed by atoms with Crippen molar-refractivity contribution in [3.63, 3.8) is 0 Å². The Kier molecular flexibility index (Phi) is 6.20. The predicted molar refractivity (Wildman–Crippen MR) is 125 cm³/mol. The molecule has 2 aromatic heterocycles. The summed E-state index contributed by atoms with van der Waals surface area (Å²) in [5, 5.41) is 9.63. The summed E-state index contributed by atoms with van der Waals surface area (Å²) < 4.78 is 40.6. The average molecular weight is 496 g/mol. The molecule has 5 rings (SSSR count). The van der Waals surface area contributed by atoms with Crippen LogP contribution in [0.1, 0.15) is 31.4 Å². The number of aromatic nitrogens is 4. The van der Waals surface area contributed by atoms with E-state index >= 15 is 0 Å². The number of allylic oxidation sites excluding steroid dienone is 4. The van der Waals surface area contributed by atoms with Crippen LogP contribution in [0.2, 0.25) is 0 Å². The Bertz CT molecular complexity index is 1070. The zero-order chi connectivity index (χ0) is 23.2. The van der Waals surface area contributed by atoms with E-state index in [1.807, 2.05) is 30.1 Å². The molecule has 0 amide bonds. The Balaban J connectivity index is 1.06. The first-order valence-corrected chi connectivity index (χ1v) is 13.2. The molecule has 2 aliphatic carbocycles. The van der Waals surface area contributed by atoms with Crippen LogP contribution in [0.3, 0.4) is 0 Å².